The number of aromatic nitrogens is 1. The van der Waals surface area contributed by atoms with Crippen LogP contribution in [0.1, 0.15) is 48.9 Å². The van der Waals surface area contributed by atoms with Crippen LogP contribution in [0.5, 0.6) is 0 Å². The number of hydrogen-bond donors (Lipinski definition) is 2. The molecule has 0 radical (unpaired) electrons. The molecular weight excluding hydrogens is 222 g/mol. The highest BCUT2D eigenvalue weighted by Crippen LogP contribution is 2.52. The Hall–Kier alpha value is -0.930. The predicted octanol–water partition coefficient (Wildman–Crippen LogP) is 1.97. The molecule has 2 N–H and O–H groups in total. The van der Waals surface area contributed by atoms with Gasteiger partial charge in [-0.3, -0.25) is 4.98 Å². The van der Waals surface area contributed by atoms with E-state index in [2.05, 4.69) is 29.0 Å². The molecule has 1 aromatic heterocycles. The zero-order valence-electron chi connectivity index (χ0n) is 10.8. The maximum absolute atomic E-state index is 4.73. The van der Waals surface area contributed by atoms with Gasteiger partial charge in [0.25, 0.3) is 0 Å². The molecule has 3 nitrogen and oxygen atoms in total. The molecule has 1 saturated carbocycles. The molecule has 0 aromatic carbocycles. The quantitative estimate of drug-likeness (QED) is 0.834. The first kappa shape index (κ1) is 10.9. The van der Waals surface area contributed by atoms with Gasteiger partial charge in [-0.1, -0.05) is 18.9 Å². The van der Waals surface area contributed by atoms with Crippen molar-refractivity contribution in [2.75, 3.05) is 19.6 Å². The third-order valence-electron chi connectivity index (χ3n) is 5.23. The Morgan fingerprint density at radius 3 is 2.50 bits per heavy atom. The summed E-state index contributed by atoms with van der Waals surface area (Å²) in [5.41, 5.74) is 3.21. The van der Waals surface area contributed by atoms with Gasteiger partial charge in [-0.15, -0.1) is 0 Å². The van der Waals surface area contributed by atoms with Crippen molar-refractivity contribution in [2.24, 2.45) is 5.41 Å². The first-order valence-electron chi connectivity index (χ1n) is 7.27. The van der Waals surface area contributed by atoms with E-state index in [-0.39, 0.29) is 0 Å². The van der Waals surface area contributed by atoms with Gasteiger partial charge >= 0.3 is 0 Å². The molecule has 96 valence electrons. The lowest BCUT2D eigenvalue weighted by Gasteiger charge is -2.48. The topological polar surface area (TPSA) is 37.0 Å². The van der Waals surface area contributed by atoms with Crippen LogP contribution in [-0.2, 0) is 0 Å². The number of hydrogen-bond acceptors (Lipinski definition) is 3. The molecule has 2 aliphatic heterocycles. The van der Waals surface area contributed by atoms with Gasteiger partial charge < -0.3 is 10.6 Å². The second kappa shape index (κ2) is 4.04. The van der Waals surface area contributed by atoms with Crippen LogP contribution in [0.3, 0.4) is 0 Å². The summed E-state index contributed by atoms with van der Waals surface area (Å²) in [5.74, 6) is 0.696. The summed E-state index contributed by atoms with van der Waals surface area (Å²) < 4.78 is 0. The van der Waals surface area contributed by atoms with Gasteiger partial charge in [0.05, 0.1) is 11.7 Å². The van der Waals surface area contributed by atoms with Crippen LogP contribution in [0.25, 0.3) is 0 Å². The van der Waals surface area contributed by atoms with Crippen molar-refractivity contribution < 1.29 is 0 Å². The van der Waals surface area contributed by atoms with Crippen LogP contribution >= 0.6 is 0 Å². The van der Waals surface area contributed by atoms with Gasteiger partial charge in [0.1, 0.15) is 0 Å². The summed E-state index contributed by atoms with van der Waals surface area (Å²) in [7, 11) is 0. The van der Waals surface area contributed by atoms with E-state index in [4.69, 9.17) is 4.98 Å². The number of nitrogens with zero attached hydrogens (tertiary/aromatic N) is 1. The highest BCUT2D eigenvalue weighted by molar-refractivity contribution is 5.25. The van der Waals surface area contributed by atoms with Gasteiger partial charge in [0, 0.05) is 37.2 Å². The van der Waals surface area contributed by atoms with Crippen molar-refractivity contribution in [1.29, 1.82) is 0 Å². The molecule has 1 aliphatic carbocycles. The molecule has 0 amide bonds. The van der Waals surface area contributed by atoms with E-state index in [1.54, 1.807) is 0 Å². The van der Waals surface area contributed by atoms with Crippen LogP contribution in [0.2, 0.25) is 0 Å². The van der Waals surface area contributed by atoms with E-state index in [9.17, 15) is 0 Å². The summed E-state index contributed by atoms with van der Waals surface area (Å²) in [5, 5.41) is 6.92. The number of nitrogens with one attached hydrogen (secondary N) is 2. The van der Waals surface area contributed by atoms with Crippen LogP contribution in [-0.4, -0.2) is 24.6 Å². The summed E-state index contributed by atoms with van der Waals surface area (Å²) in [6, 6.07) is 5.06. The van der Waals surface area contributed by atoms with Crippen LogP contribution in [0.15, 0.2) is 18.3 Å². The third-order valence-corrected chi connectivity index (χ3v) is 5.23. The zero-order chi connectivity index (χ0) is 12.0. The molecule has 3 aliphatic rings. The minimum atomic E-state index is 0.522. The van der Waals surface area contributed by atoms with E-state index in [1.807, 2.05) is 0 Å². The van der Waals surface area contributed by atoms with Crippen LogP contribution < -0.4 is 10.6 Å². The number of rotatable bonds is 2. The van der Waals surface area contributed by atoms with E-state index in [0.717, 1.165) is 13.1 Å². The molecular formula is C15H21N3. The van der Waals surface area contributed by atoms with E-state index in [0.29, 0.717) is 17.4 Å². The minimum Gasteiger partial charge on any atom is -0.315 e. The lowest BCUT2D eigenvalue weighted by Crippen LogP contribution is -2.54. The Bertz CT molecular complexity index is 430. The second-order valence-electron chi connectivity index (χ2n) is 6.25. The average Bonchev–Trinajstić information content (AvgIpc) is 2.79. The number of pyridine rings is 1. The molecule has 1 aromatic rings. The molecule has 3 heteroatoms. The van der Waals surface area contributed by atoms with Crippen molar-refractivity contribution in [3.63, 3.8) is 0 Å². The standard InChI is InChI=1S/C15H21N3/c1-2-6-15(5-1)10-18-14(15)13-4-3-11(9-17-13)12-7-16-8-12/h3-4,9,12,14,16,18H,1-2,5-8,10H2. The smallest absolute Gasteiger partial charge is 0.0579 e. The van der Waals surface area contributed by atoms with E-state index in [1.165, 1.54) is 43.5 Å². The molecule has 1 atom stereocenters. The zero-order valence-corrected chi connectivity index (χ0v) is 10.8. The van der Waals surface area contributed by atoms with Crippen molar-refractivity contribution in [2.45, 2.75) is 37.6 Å². The van der Waals surface area contributed by atoms with Crippen LogP contribution in [0.4, 0.5) is 0 Å². The summed E-state index contributed by atoms with van der Waals surface area (Å²) in [6.07, 6.45) is 7.69. The molecule has 2 saturated heterocycles. The van der Waals surface area contributed by atoms with Crippen molar-refractivity contribution >= 4 is 0 Å². The lowest BCUT2D eigenvalue weighted by molar-refractivity contribution is 0.0862. The monoisotopic (exact) mass is 243 g/mol. The maximum atomic E-state index is 4.73. The molecule has 4 rings (SSSR count). The highest BCUT2D eigenvalue weighted by Gasteiger charge is 2.49. The maximum Gasteiger partial charge on any atom is 0.0579 e. The Morgan fingerprint density at radius 2 is 2.00 bits per heavy atom. The molecule has 3 fully saturated rings. The molecule has 1 unspecified atom stereocenters. The van der Waals surface area contributed by atoms with Gasteiger partial charge in [0.15, 0.2) is 0 Å². The molecule has 18 heavy (non-hydrogen) atoms. The first-order valence-corrected chi connectivity index (χ1v) is 7.27. The fourth-order valence-electron chi connectivity index (χ4n) is 3.81. The highest BCUT2D eigenvalue weighted by atomic mass is 15.1. The van der Waals surface area contributed by atoms with Crippen LogP contribution in [0, 0.1) is 5.41 Å². The van der Waals surface area contributed by atoms with Crippen molar-refractivity contribution in [3.8, 4) is 0 Å². The summed E-state index contributed by atoms with van der Waals surface area (Å²) >= 11 is 0. The fourth-order valence-corrected chi connectivity index (χ4v) is 3.81. The fraction of sp³-hybridized carbons (Fsp3) is 0.667. The Balaban J connectivity index is 1.54. The molecule has 3 heterocycles. The third kappa shape index (κ3) is 1.54. The normalized spacial score (nSPS) is 30.1. The van der Waals surface area contributed by atoms with E-state index >= 15 is 0 Å². The Labute approximate surface area is 108 Å². The SMILES string of the molecule is c1cc(C2NCC23CCCC3)ncc1C1CNC1. The summed E-state index contributed by atoms with van der Waals surface area (Å²) in [4.78, 5) is 4.73. The van der Waals surface area contributed by atoms with Gasteiger partial charge in [0.2, 0.25) is 0 Å². The average molecular weight is 243 g/mol. The van der Waals surface area contributed by atoms with Gasteiger partial charge in [-0.05, 0) is 24.5 Å². The largest absolute Gasteiger partial charge is 0.315 e. The lowest BCUT2D eigenvalue weighted by atomic mass is 9.70. The molecule has 1 spiro atoms. The van der Waals surface area contributed by atoms with E-state index < -0.39 is 0 Å². The minimum absolute atomic E-state index is 0.522. The molecule has 0 bridgehead atoms. The first-order chi connectivity index (χ1) is 8.87. The second-order valence-corrected chi connectivity index (χ2v) is 6.25. The van der Waals surface area contributed by atoms with Gasteiger partial charge in [-0.25, -0.2) is 0 Å². The van der Waals surface area contributed by atoms with Crippen molar-refractivity contribution in [1.82, 2.24) is 15.6 Å². The van der Waals surface area contributed by atoms with Gasteiger partial charge in [-0.2, -0.15) is 0 Å². The predicted molar refractivity (Wildman–Crippen MR) is 71.5 cm³/mol. The van der Waals surface area contributed by atoms with Crippen molar-refractivity contribution in [3.05, 3.63) is 29.6 Å². The Kier molecular flexibility index (Phi) is 2.45. The Morgan fingerprint density at radius 1 is 1.17 bits per heavy atom. The summed E-state index contributed by atoms with van der Waals surface area (Å²) in [6.45, 7) is 3.44.